The Kier molecular flexibility index (Phi) is 5.92. The fourth-order valence-electron chi connectivity index (χ4n) is 2.48. The van der Waals surface area contributed by atoms with Gasteiger partial charge in [-0.25, -0.2) is 0 Å². The normalized spacial score (nSPS) is 20.6. The van der Waals surface area contributed by atoms with Crippen LogP contribution in [-0.2, 0) is 4.79 Å². The van der Waals surface area contributed by atoms with Gasteiger partial charge in [0, 0.05) is 32.1 Å². The Labute approximate surface area is 106 Å². The number of rotatable bonds is 6. The summed E-state index contributed by atoms with van der Waals surface area (Å²) in [6, 6.07) is 0.577. The molecule has 1 rings (SSSR count). The number of hydrogen-bond acceptors (Lipinski definition) is 3. The lowest BCUT2D eigenvalue weighted by Gasteiger charge is -2.26. The Morgan fingerprint density at radius 3 is 2.47 bits per heavy atom. The molecule has 4 heteroatoms. The molecule has 0 radical (unpaired) electrons. The van der Waals surface area contributed by atoms with Gasteiger partial charge >= 0.3 is 0 Å². The second-order valence-corrected chi connectivity index (χ2v) is 5.06. The Morgan fingerprint density at radius 1 is 1.29 bits per heavy atom. The summed E-state index contributed by atoms with van der Waals surface area (Å²) >= 11 is 0. The van der Waals surface area contributed by atoms with E-state index in [-0.39, 0.29) is 0 Å². The van der Waals surface area contributed by atoms with Crippen molar-refractivity contribution >= 4 is 5.91 Å². The van der Waals surface area contributed by atoms with Gasteiger partial charge in [-0.1, -0.05) is 13.8 Å². The van der Waals surface area contributed by atoms with E-state index in [0.717, 1.165) is 39.1 Å². The van der Waals surface area contributed by atoms with E-state index in [1.807, 2.05) is 19.0 Å². The van der Waals surface area contributed by atoms with Crippen molar-refractivity contribution in [1.29, 1.82) is 0 Å². The van der Waals surface area contributed by atoms with E-state index in [9.17, 15) is 4.79 Å². The Balaban J connectivity index is 2.36. The molecule has 0 aromatic heterocycles. The summed E-state index contributed by atoms with van der Waals surface area (Å²) in [5.74, 6) is 0.313. The van der Waals surface area contributed by atoms with E-state index in [2.05, 4.69) is 23.6 Å². The zero-order valence-corrected chi connectivity index (χ0v) is 11.8. The van der Waals surface area contributed by atoms with Crippen LogP contribution in [0.4, 0.5) is 0 Å². The fourth-order valence-corrected chi connectivity index (χ4v) is 2.48. The Morgan fingerprint density at radius 2 is 1.94 bits per heavy atom. The minimum atomic E-state index is 0.313. The van der Waals surface area contributed by atoms with Gasteiger partial charge in [0.1, 0.15) is 0 Å². The second-order valence-electron chi connectivity index (χ2n) is 5.06. The summed E-state index contributed by atoms with van der Waals surface area (Å²) in [4.78, 5) is 18.5. The summed E-state index contributed by atoms with van der Waals surface area (Å²) < 4.78 is 0. The van der Waals surface area contributed by atoms with Crippen LogP contribution >= 0.6 is 0 Å². The Bertz CT molecular complexity index is 239. The first-order chi connectivity index (χ1) is 8.08. The molecule has 1 heterocycles. The maximum atomic E-state index is 12.0. The van der Waals surface area contributed by atoms with Crippen molar-refractivity contribution in [3.63, 3.8) is 0 Å². The van der Waals surface area contributed by atoms with Crippen LogP contribution in [0.3, 0.4) is 0 Å². The van der Waals surface area contributed by atoms with Crippen LogP contribution in [0.25, 0.3) is 0 Å². The minimum absolute atomic E-state index is 0.313. The van der Waals surface area contributed by atoms with E-state index >= 15 is 0 Å². The SMILES string of the molecule is CCN(CC)C1CCN(C(=O)CCN(C)C)C1. The van der Waals surface area contributed by atoms with Crippen LogP contribution in [0.15, 0.2) is 0 Å². The van der Waals surface area contributed by atoms with Gasteiger partial charge in [-0.15, -0.1) is 0 Å². The lowest BCUT2D eigenvalue weighted by molar-refractivity contribution is -0.130. The molecular weight excluding hydrogens is 214 g/mol. The largest absolute Gasteiger partial charge is 0.341 e. The van der Waals surface area contributed by atoms with Gasteiger partial charge in [-0.2, -0.15) is 0 Å². The molecule has 0 N–H and O–H groups in total. The molecular formula is C13H27N3O. The predicted octanol–water partition coefficient (Wildman–Crippen LogP) is 0.881. The number of carbonyl (C=O) groups excluding carboxylic acids is 1. The van der Waals surface area contributed by atoms with Gasteiger partial charge in [0.25, 0.3) is 0 Å². The summed E-state index contributed by atoms with van der Waals surface area (Å²) in [7, 11) is 4.02. The summed E-state index contributed by atoms with van der Waals surface area (Å²) in [6.45, 7) is 9.27. The molecule has 0 aromatic rings. The molecule has 17 heavy (non-hydrogen) atoms. The number of likely N-dealkylation sites (N-methyl/N-ethyl adjacent to an activating group) is 1. The van der Waals surface area contributed by atoms with Crippen LogP contribution < -0.4 is 0 Å². The van der Waals surface area contributed by atoms with Gasteiger partial charge in [0.2, 0.25) is 5.91 Å². The summed E-state index contributed by atoms with van der Waals surface area (Å²) in [6.07, 6.45) is 1.79. The molecule has 0 aliphatic carbocycles. The van der Waals surface area contributed by atoms with E-state index in [4.69, 9.17) is 0 Å². The standard InChI is InChI=1S/C13H27N3O/c1-5-15(6-2)12-7-10-16(11-12)13(17)8-9-14(3)4/h12H,5-11H2,1-4H3. The smallest absolute Gasteiger partial charge is 0.223 e. The first-order valence-corrected chi connectivity index (χ1v) is 6.75. The van der Waals surface area contributed by atoms with Crippen molar-refractivity contribution in [3.05, 3.63) is 0 Å². The highest BCUT2D eigenvalue weighted by Crippen LogP contribution is 2.16. The van der Waals surface area contributed by atoms with Crippen molar-refractivity contribution < 1.29 is 4.79 Å². The van der Waals surface area contributed by atoms with Crippen molar-refractivity contribution in [2.45, 2.75) is 32.7 Å². The molecule has 100 valence electrons. The molecule has 0 aromatic carbocycles. The zero-order valence-electron chi connectivity index (χ0n) is 11.8. The first-order valence-electron chi connectivity index (χ1n) is 6.75. The molecule has 1 unspecified atom stereocenters. The average Bonchev–Trinajstić information content (AvgIpc) is 2.77. The van der Waals surface area contributed by atoms with Crippen LogP contribution in [0.5, 0.6) is 0 Å². The van der Waals surface area contributed by atoms with E-state index in [1.165, 1.54) is 0 Å². The lowest BCUT2D eigenvalue weighted by atomic mass is 10.2. The zero-order chi connectivity index (χ0) is 12.8. The Hall–Kier alpha value is -0.610. The molecule has 0 saturated carbocycles. The predicted molar refractivity (Wildman–Crippen MR) is 71.1 cm³/mol. The molecule has 1 aliphatic heterocycles. The van der Waals surface area contributed by atoms with Crippen molar-refractivity contribution in [1.82, 2.24) is 14.7 Å². The maximum absolute atomic E-state index is 12.0. The molecule has 4 nitrogen and oxygen atoms in total. The highest BCUT2D eigenvalue weighted by molar-refractivity contribution is 5.76. The van der Waals surface area contributed by atoms with Crippen molar-refractivity contribution in [2.24, 2.45) is 0 Å². The van der Waals surface area contributed by atoms with E-state index < -0.39 is 0 Å². The number of amides is 1. The molecule has 1 fully saturated rings. The fraction of sp³-hybridized carbons (Fsp3) is 0.923. The van der Waals surface area contributed by atoms with E-state index in [1.54, 1.807) is 0 Å². The quantitative estimate of drug-likeness (QED) is 0.691. The number of carbonyl (C=O) groups is 1. The molecule has 0 bridgehead atoms. The van der Waals surface area contributed by atoms with Crippen LogP contribution in [0.1, 0.15) is 26.7 Å². The van der Waals surface area contributed by atoms with Crippen LogP contribution in [0.2, 0.25) is 0 Å². The highest BCUT2D eigenvalue weighted by Gasteiger charge is 2.28. The van der Waals surface area contributed by atoms with E-state index in [0.29, 0.717) is 18.4 Å². The molecule has 1 amide bonds. The minimum Gasteiger partial charge on any atom is -0.341 e. The molecule has 1 aliphatic rings. The highest BCUT2D eigenvalue weighted by atomic mass is 16.2. The van der Waals surface area contributed by atoms with Gasteiger partial charge < -0.3 is 9.80 Å². The van der Waals surface area contributed by atoms with Crippen LogP contribution in [0, 0.1) is 0 Å². The second kappa shape index (κ2) is 6.97. The van der Waals surface area contributed by atoms with Crippen LogP contribution in [-0.4, -0.2) is 73.5 Å². The first kappa shape index (κ1) is 14.5. The van der Waals surface area contributed by atoms with Gasteiger partial charge in [0.05, 0.1) is 0 Å². The number of nitrogens with zero attached hydrogens (tertiary/aromatic N) is 3. The number of likely N-dealkylation sites (tertiary alicyclic amines) is 1. The number of hydrogen-bond donors (Lipinski definition) is 0. The van der Waals surface area contributed by atoms with Crippen molar-refractivity contribution in [3.8, 4) is 0 Å². The summed E-state index contributed by atoms with van der Waals surface area (Å²) in [5, 5.41) is 0. The van der Waals surface area contributed by atoms with Crippen molar-refractivity contribution in [2.75, 3.05) is 46.8 Å². The third-order valence-electron chi connectivity index (χ3n) is 3.62. The topological polar surface area (TPSA) is 26.8 Å². The van der Waals surface area contributed by atoms with Gasteiger partial charge in [-0.05, 0) is 33.6 Å². The summed E-state index contributed by atoms with van der Waals surface area (Å²) in [5.41, 5.74) is 0. The maximum Gasteiger partial charge on any atom is 0.223 e. The third kappa shape index (κ3) is 4.28. The van der Waals surface area contributed by atoms with Gasteiger partial charge in [0.15, 0.2) is 0 Å². The monoisotopic (exact) mass is 241 g/mol. The molecule has 1 saturated heterocycles. The average molecular weight is 241 g/mol. The molecule has 0 spiro atoms. The molecule has 1 atom stereocenters. The lowest BCUT2D eigenvalue weighted by Crippen LogP contribution is -2.39. The van der Waals surface area contributed by atoms with Gasteiger partial charge in [-0.3, -0.25) is 9.69 Å². The third-order valence-corrected chi connectivity index (χ3v) is 3.62.